The first-order valence-corrected chi connectivity index (χ1v) is 7.23. The number of phenolic OH excluding ortho intramolecular Hbond substituents is 1. The van der Waals surface area contributed by atoms with Crippen molar-refractivity contribution in [1.29, 1.82) is 0 Å². The smallest absolute Gasteiger partial charge is 0.115 e. The van der Waals surface area contributed by atoms with Gasteiger partial charge in [-0.2, -0.15) is 0 Å². The highest BCUT2D eigenvalue weighted by Crippen LogP contribution is 2.22. The van der Waals surface area contributed by atoms with Gasteiger partial charge < -0.3 is 5.11 Å². The molecule has 0 amide bonds. The summed E-state index contributed by atoms with van der Waals surface area (Å²) >= 11 is 0. The highest BCUT2D eigenvalue weighted by Gasteiger charge is 1.99. The molecular weight excluding hydrogens is 256 g/mol. The lowest BCUT2D eigenvalue weighted by atomic mass is 10.0. The number of hydrogen-bond acceptors (Lipinski definition) is 1. The van der Waals surface area contributed by atoms with Crippen LogP contribution >= 0.6 is 0 Å². The van der Waals surface area contributed by atoms with Crippen molar-refractivity contribution in [2.24, 2.45) is 0 Å². The first-order valence-electron chi connectivity index (χ1n) is 7.23. The second-order valence-corrected chi connectivity index (χ2v) is 5.23. The lowest BCUT2D eigenvalue weighted by molar-refractivity contribution is 0.475. The van der Waals surface area contributed by atoms with Crippen LogP contribution in [0.25, 0.3) is 11.1 Å². The molecule has 3 rings (SSSR count). The van der Waals surface area contributed by atoms with E-state index in [2.05, 4.69) is 54.6 Å². The van der Waals surface area contributed by atoms with E-state index in [9.17, 15) is 5.11 Å². The predicted molar refractivity (Wildman–Crippen MR) is 87.4 cm³/mol. The Morgan fingerprint density at radius 3 is 1.57 bits per heavy atom. The summed E-state index contributed by atoms with van der Waals surface area (Å²) in [4.78, 5) is 0. The van der Waals surface area contributed by atoms with Gasteiger partial charge in [-0.05, 0) is 47.2 Å². The molecule has 104 valence electrons. The van der Waals surface area contributed by atoms with Crippen molar-refractivity contribution < 1.29 is 5.11 Å². The minimum absolute atomic E-state index is 0.304. The molecule has 0 unspecified atom stereocenters. The average Bonchev–Trinajstić information content (AvgIpc) is 2.55. The van der Waals surface area contributed by atoms with E-state index in [1.807, 2.05) is 12.1 Å². The van der Waals surface area contributed by atoms with Crippen LogP contribution in [0.3, 0.4) is 0 Å². The molecule has 0 atom stereocenters. The summed E-state index contributed by atoms with van der Waals surface area (Å²) in [6.45, 7) is 0. The highest BCUT2D eigenvalue weighted by molar-refractivity contribution is 5.64. The Morgan fingerprint density at radius 2 is 1.00 bits per heavy atom. The van der Waals surface area contributed by atoms with E-state index < -0.39 is 0 Å². The maximum absolute atomic E-state index is 9.33. The maximum atomic E-state index is 9.33. The quantitative estimate of drug-likeness (QED) is 0.721. The fourth-order valence-corrected chi connectivity index (χ4v) is 2.45. The van der Waals surface area contributed by atoms with E-state index in [4.69, 9.17) is 0 Å². The van der Waals surface area contributed by atoms with Gasteiger partial charge >= 0.3 is 0 Å². The summed E-state index contributed by atoms with van der Waals surface area (Å²) < 4.78 is 0. The van der Waals surface area contributed by atoms with Gasteiger partial charge in [-0.25, -0.2) is 0 Å². The molecule has 0 bridgehead atoms. The zero-order valence-electron chi connectivity index (χ0n) is 11.9. The second-order valence-electron chi connectivity index (χ2n) is 5.23. The Balaban J connectivity index is 1.68. The second kappa shape index (κ2) is 6.27. The van der Waals surface area contributed by atoms with Gasteiger partial charge in [-0.15, -0.1) is 0 Å². The van der Waals surface area contributed by atoms with E-state index in [1.165, 1.54) is 16.7 Å². The number of aryl methyl sites for hydroxylation is 2. The summed E-state index contributed by atoms with van der Waals surface area (Å²) in [7, 11) is 0. The summed E-state index contributed by atoms with van der Waals surface area (Å²) in [6.07, 6.45) is 2.12. The van der Waals surface area contributed by atoms with Crippen molar-refractivity contribution in [3.8, 4) is 16.9 Å². The van der Waals surface area contributed by atoms with Crippen molar-refractivity contribution in [2.45, 2.75) is 12.8 Å². The van der Waals surface area contributed by atoms with Crippen molar-refractivity contribution in [1.82, 2.24) is 0 Å². The van der Waals surface area contributed by atoms with Gasteiger partial charge in [0.15, 0.2) is 0 Å². The summed E-state index contributed by atoms with van der Waals surface area (Å²) in [5.74, 6) is 0.304. The van der Waals surface area contributed by atoms with E-state index in [0.717, 1.165) is 18.4 Å². The minimum Gasteiger partial charge on any atom is -0.508 e. The standard InChI is InChI=1S/C20H18O/c21-20-14-12-19(13-15-20)18-10-8-17(9-11-18)7-6-16-4-2-1-3-5-16/h1-5,8-15,21H,6-7H2. The van der Waals surface area contributed by atoms with Crippen LogP contribution in [0, 0.1) is 0 Å². The molecule has 0 saturated carbocycles. The van der Waals surface area contributed by atoms with Crippen LogP contribution < -0.4 is 0 Å². The van der Waals surface area contributed by atoms with Crippen LogP contribution in [-0.2, 0) is 12.8 Å². The monoisotopic (exact) mass is 274 g/mol. The Labute approximate surface area is 125 Å². The molecule has 0 radical (unpaired) electrons. The summed E-state index contributed by atoms with van der Waals surface area (Å²) in [5.41, 5.74) is 5.03. The van der Waals surface area contributed by atoms with E-state index in [0.29, 0.717) is 5.75 Å². The van der Waals surface area contributed by atoms with Crippen molar-refractivity contribution >= 4 is 0 Å². The molecule has 0 aromatic heterocycles. The summed E-state index contributed by atoms with van der Waals surface area (Å²) in [6, 6.07) is 26.5. The molecule has 0 aliphatic heterocycles. The molecule has 3 aromatic carbocycles. The fourth-order valence-electron chi connectivity index (χ4n) is 2.45. The molecule has 0 spiro atoms. The molecule has 0 heterocycles. The van der Waals surface area contributed by atoms with Crippen LogP contribution in [0.2, 0.25) is 0 Å². The van der Waals surface area contributed by atoms with Gasteiger partial charge in [0.25, 0.3) is 0 Å². The van der Waals surface area contributed by atoms with Gasteiger partial charge in [-0.3, -0.25) is 0 Å². The number of aromatic hydroxyl groups is 1. The van der Waals surface area contributed by atoms with Crippen molar-refractivity contribution in [2.75, 3.05) is 0 Å². The van der Waals surface area contributed by atoms with Crippen molar-refractivity contribution in [3.05, 3.63) is 90.0 Å². The third-order valence-electron chi connectivity index (χ3n) is 3.70. The van der Waals surface area contributed by atoms with Crippen LogP contribution in [0.1, 0.15) is 11.1 Å². The molecule has 0 aliphatic rings. The van der Waals surface area contributed by atoms with Crippen LogP contribution in [0.4, 0.5) is 0 Å². The number of rotatable bonds is 4. The third kappa shape index (κ3) is 3.51. The molecule has 3 aromatic rings. The molecule has 0 saturated heterocycles. The molecule has 1 N–H and O–H groups in total. The van der Waals surface area contributed by atoms with Crippen LogP contribution in [0.5, 0.6) is 5.75 Å². The predicted octanol–water partition coefficient (Wildman–Crippen LogP) is 4.84. The van der Waals surface area contributed by atoms with E-state index >= 15 is 0 Å². The van der Waals surface area contributed by atoms with Gasteiger partial charge in [0.1, 0.15) is 5.75 Å². The molecule has 1 heteroatoms. The van der Waals surface area contributed by atoms with Gasteiger partial charge in [0.05, 0.1) is 0 Å². The normalized spacial score (nSPS) is 10.5. The molecule has 1 nitrogen and oxygen atoms in total. The first-order chi connectivity index (χ1) is 10.3. The first kappa shape index (κ1) is 13.4. The SMILES string of the molecule is Oc1ccc(-c2ccc(CCc3ccccc3)cc2)cc1. The van der Waals surface area contributed by atoms with Crippen LogP contribution in [-0.4, -0.2) is 5.11 Å². The highest BCUT2D eigenvalue weighted by atomic mass is 16.3. The zero-order valence-corrected chi connectivity index (χ0v) is 11.9. The number of phenols is 1. The number of hydrogen-bond donors (Lipinski definition) is 1. The number of benzene rings is 3. The lowest BCUT2D eigenvalue weighted by Gasteiger charge is -2.05. The van der Waals surface area contributed by atoms with E-state index in [-0.39, 0.29) is 0 Å². The third-order valence-corrected chi connectivity index (χ3v) is 3.70. The fraction of sp³-hybridized carbons (Fsp3) is 0.100. The average molecular weight is 274 g/mol. The maximum Gasteiger partial charge on any atom is 0.115 e. The lowest BCUT2D eigenvalue weighted by Crippen LogP contribution is -1.91. The largest absolute Gasteiger partial charge is 0.508 e. The van der Waals surface area contributed by atoms with Gasteiger partial charge in [-0.1, -0.05) is 66.7 Å². The molecule has 0 aliphatic carbocycles. The molecule has 0 fully saturated rings. The van der Waals surface area contributed by atoms with Gasteiger partial charge in [0.2, 0.25) is 0 Å². The Kier molecular flexibility index (Phi) is 4.02. The minimum atomic E-state index is 0.304. The Hall–Kier alpha value is -2.54. The molecular formula is C20H18O. The Morgan fingerprint density at radius 1 is 0.524 bits per heavy atom. The van der Waals surface area contributed by atoms with Crippen molar-refractivity contribution in [3.63, 3.8) is 0 Å². The van der Waals surface area contributed by atoms with E-state index in [1.54, 1.807) is 12.1 Å². The Bertz CT molecular complexity index is 682. The van der Waals surface area contributed by atoms with Crippen LogP contribution in [0.15, 0.2) is 78.9 Å². The summed E-state index contributed by atoms with van der Waals surface area (Å²) in [5, 5.41) is 9.33. The van der Waals surface area contributed by atoms with Gasteiger partial charge in [0, 0.05) is 0 Å². The molecule has 21 heavy (non-hydrogen) atoms. The topological polar surface area (TPSA) is 20.2 Å². The zero-order chi connectivity index (χ0) is 14.5.